The largest absolute Gasteiger partial charge is 0.756 e. The van der Waals surface area contributed by atoms with Gasteiger partial charge in [-0.25, -0.2) is 0 Å². The van der Waals surface area contributed by atoms with Crippen molar-refractivity contribution in [1.29, 1.82) is 0 Å². The lowest BCUT2D eigenvalue weighted by atomic mass is 10.1. The van der Waals surface area contributed by atoms with Crippen molar-refractivity contribution >= 4 is 19.8 Å². The average molecular weight is 944 g/mol. The lowest BCUT2D eigenvalue weighted by molar-refractivity contribution is -0.870. The van der Waals surface area contributed by atoms with Crippen LogP contribution in [-0.4, -0.2) is 70.0 Å². The molecule has 0 saturated carbocycles. The maximum atomic E-state index is 12.7. The summed E-state index contributed by atoms with van der Waals surface area (Å²) in [6, 6.07) is 0. The molecule has 2 atom stereocenters. The number of allylic oxidation sites excluding steroid dienone is 14. The van der Waals surface area contributed by atoms with Crippen molar-refractivity contribution in [2.75, 3.05) is 47.5 Å². The highest BCUT2D eigenvalue weighted by Crippen LogP contribution is 2.38. The summed E-state index contributed by atoms with van der Waals surface area (Å²) < 4.78 is 34.0. The van der Waals surface area contributed by atoms with Crippen LogP contribution in [0.5, 0.6) is 0 Å². The van der Waals surface area contributed by atoms with E-state index in [1.807, 2.05) is 21.1 Å². The lowest BCUT2D eigenvalue weighted by Crippen LogP contribution is -2.37. The summed E-state index contributed by atoms with van der Waals surface area (Å²) in [5, 5.41) is 0. The molecule has 66 heavy (non-hydrogen) atoms. The Kier molecular flexibility index (Phi) is 45.3. The molecule has 9 nitrogen and oxygen atoms in total. The fraction of sp³-hybridized carbons (Fsp3) is 0.714. The van der Waals surface area contributed by atoms with E-state index in [9.17, 15) is 19.0 Å². The van der Waals surface area contributed by atoms with Gasteiger partial charge in [-0.1, -0.05) is 208 Å². The molecule has 10 heteroatoms. The molecule has 0 N–H and O–H groups in total. The lowest BCUT2D eigenvalue weighted by Gasteiger charge is -2.28. The smallest absolute Gasteiger partial charge is 0.306 e. The van der Waals surface area contributed by atoms with Crippen LogP contribution in [0.3, 0.4) is 0 Å². The molecule has 0 aliphatic rings. The van der Waals surface area contributed by atoms with Gasteiger partial charge in [-0.2, -0.15) is 0 Å². The van der Waals surface area contributed by atoms with Gasteiger partial charge < -0.3 is 27.9 Å². The van der Waals surface area contributed by atoms with E-state index in [0.29, 0.717) is 17.4 Å². The Morgan fingerprint density at radius 3 is 1.29 bits per heavy atom. The van der Waals surface area contributed by atoms with Gasteiger partial charge in [0.25, 0.3) is 7.82 Å². The second-order valence-electron chi connectivity index (χ2n) is 18.5. The molecule has 0 bridgehead atoms. The van der Waals surface area contributed by atoms with E-state index in [-0.39, 0.29) is 32.0 Å². The molecule has 2 unspecified atom stereocenters. The summed E-state index contributed by atoms with van der Waals surface area (Å²) in [6.45, 7) is 4.10. The Morgan fingerprint density at radius 2 is 0.864 bits per heavy atom. The number of ether oxygens (including phenoxy) is 2. The van der Waals surface area contributed by atoms with E-state index < -0.39 is 26.5 Å². The molecule has 0 radical (unpaired) electrons. The topological polar surface area (TPSA) is 111 Å². The molecule has 0 spiro atoms. The van der Waals surface area contributed by atoms with Crippen LogP contribution in [0.15, 0.2) is 85.1 Å². The standard InChI is InChI=1S/C56H98NO8P/c1-6-8-10-12-14-16-18-19-20-21-22-23-24-25-26-27-28-29-30-31-32-33-34-35-36-37-39-41-43-45-47-49-56(59)65-54(53-64-66(60,61)63-51-50-57(3,4)5)52-62-55(58)48-46-44-42-40-38-17-15-13-11-9-7-2/h8,10,14,16,19-20,22-23,25-26,28-29,31-32,54H,6-7,9,11-13,15,17-18,21,24,27,30,33-53H2,1-5H3/b10-8-,16-14-,20-19-,23-22-,26-25-,29-28-,32-31-. The molecule has 0 aromatic heterocycles. The Bertz CT molecular complexity index is 1390. The number of carbonyl (C=O) groups excluding carboxylic acids is 2. The third kappa shape index (κ3) is 50.6. The van der Waals surface area contributed by atoms with Crippen LogP contribution in [0.4, 0.5) is 0 Å². The second kappa shape index (κ2) is 47.3. The first kappa shape index (κ1) is 63.2. The highest BCUT2D eigenvalue weighted by atomic mass is 31.2. The van der Waals surface area contributed by atoms with Crippen LogP contribution in [-0.2, 0) is 32.7 Å². The summed E-state index contributed by atoms with van der Waals surface area (Å²) >= 11 is 0. The van der Waals surface area contributed by atoms with Crippen molar-refractivity contribution in [1.82, 2.24) is 0 Å². The van der Waals surface area contributed by atoms with Crippen LogP contribution in [0, 0.1) is 0 Å². The molecular weight excluding hydrogens is 846 g/mol. The maximum Gasteiger partial charge on any atom is 0.306 e. The van der Waals surface area contributed by atoms with Gasteiger partial charge in [0, 0.05) is 12.8 Å². The number of hydrogen-bond donors (Lipinski definition) is 0. The first-order valence-electron chi connectivity index (χ1n) is 26.3. The van der Waals surface area contributed by atoms with Crippen molar-refractivity contribution in [3.63, 3.8) is 0 Å². The number of quaternary nitrogens is 1. The van der Waals surface area contributed by atoms with Crippen molar-refractivity contribution < 1.29 is 42.1 Å². The Balaban J connectivity index is 4.16. The molecule has 0 fully saturated rings. The first-order chi connectivity index (χ1) is 32.0. The van der Waals surface area contributed by atoms with Crippen molar-refractivity contribution in [2.45, 2.75) is 213 Å². The van der Waals surface area contributed by atoms with Crippen LogP contribution in [0.25, 0.3) is 0 Å². The van der Waals surface area contributed by atoms with Crippen LogP contribution >= 0.6 is 7.82 Å². The third-order valence-electron chi connectivity index (χ3n) is 10.9. The quantitative estimate of drug-likeness (QED) is 0.0195. The van der Waals surface area contributed by atoms with Crippen LogP contribution in [0.1, 0.15) is 206 Å². The number of unbranched alkanes of at least 4 members (excludes halogenated alkanes) is 19. The molecule has 0 amide bonds. The van der Waals surface area contributed by atoms with E-state index in [1.165, 1.54) is 83.5 Å². The third-order valence-corrected chi connectivity index (χ3v) is 11.9. The van der Waals surface area contributed by atoms with Gasteiger partial charge in [-0.05, 0) is 70.6 Å². The van der Waals surface area contributed by atoms with Gasteiger partial charge >= 0.3 is 11.9 Å². The van der Waals surface area contributed by atoms with Gasteiger partial charge in [-0.3, -0.25) is 14.2 Å². The van der Waals surface area contributed by atoms with Gasteiger partial charge in [0.15, 0.2) is 6.10 Å². The molecule has 0 aliphatic carbocycles. The molecule has 0 aliphatic heterocycles. The van der Waals surface area contributed by atoms with Gasteiger partial charge in [0.2, 0.25) is 0 Å². The Morgan fingerprint density at radius 1 is 0.485 bits per heavy atom. The summed E-state index contributed by atoms with van der Waals surface area (Å²) in [5.74, 6) is -0.843. The van der Waals surface area contributed by atoms with Crippen molar-refractivity contribution in [3.05, 3.63) is 85.1 Å². The Hall–Kier alpha value is -2.81. The highest BCUT2D eigenvalue weighted by molar-refractivity contribution is 7.45. The van der Waals surface area contributed by atoms with E-state index in [2.05, 4.69) is 98.9 Å². The maximum absolute atomic E-state index is 12.7. The second-order valence-corrected chi connectivity index (χ2v) is 19.9. The molecule has 0 saturated heterocycles. The number of hydrogen-bond acceptors (Lipinski definition) is 8. The molecule has 0 heterocycles. The predicted molar refractivity (Wildman–Crippen MR) is 277 cm³/mol. The SMILES string of the molecule is CC/C=C\C/C=C\C/C=C\C/C=C\C/C=C\C/C=C\C/C=C\CCCCCCCCCCCC(=O)OC(COC(=O)CCCCCCCCCCCCC)COP(=O)([O-])OCC[N+](C)(C)C. The number of phosphoric acid groups is 1. The fourth-order valence-electron chi connectivity index (χ4n) is 6.87. The van der Waals surface area contributed by atoms with Crippen LogP contribution < -0.4 is 4.89 Å². The summed E-state index contributed by atoms with van der Waals surface area (Å²) in [4.78, 5) is 37.6. The van der Waals surface area contributed by atoms with Crippen molar-refractivity contribution in [3.8, 4) is 0 Å². The summed E-state index contributed by atoms with van der Waals surface area (Å²) in [7, 11) is 1.15. The van der Waals surface area contributed by atoms with Gasteiger partial charge in [0.1, 0.15) is 19.8 Å². The number of esters is 2. The molecule has 380 valence electrons. The number of likely N-dealkylation sites (N-methyl/N-ethyl adjacent to an activating group) is 1. The minimum Gasteiger partial charge on any atom is -0.756 e. The van der Waals surface area contributed by atoms with E-state index in [0.717, 1.165) is 89.9 Å². The highest BCUT2D eigenvalue weighted by Gasteiger charge is 2.21. The summed E-state index contributed by atoms with van der Waals surface area (Å²) in [6.07, 6.45) is 61.9. The van der Waals surface area contributed by atoms with Crippen molar-refractivity contribution in [2.24, 2.45) is 0 Å². The minimum absolute atomic E-state index is 0.0346. The summed E-state index contributed by atoms with van der Waals surface area (Å²) in [5.41, 5.74) is 0. The van der Waals surface area contributed by atoms with Crippen LogP contribution in [0.2, 0.25) is 0 Å². The zero-order chi connectivity index (χ0) is 48.5. The molecule has 0 aromatic rings. The first-order valence-corrected chi connectivity index (χ1v) is 27.8. The number of phosphoric ester groups is 1. The zero-order valence-electron chi connectivity index (χ0n) is 42.9. The van der Waals surface area contributed by atoms with E-state index in [4.69, 9.17) is 18.5 Å². The minimum atomic E-state index is -4.63. The zero-order valence-corrected chi connectivity index (χ0v) is 43.8. The van der Waals surface area contributed by atoms with E-state index in [1.54, 1.807) is 0 Å². The normalized spacial score (nSPS) is 14.1. The number of rotatable bonds is 47. The average Bonchev–Trinajstić information content (AvgIpc) is 3.27. The van der Waals surface area contributed by atoms with Gasteiger partial charge in [0.05, 0.1) is 27.7 Å². The monoisotopic (exact) mass is 944 g/mol. The Labute approximate surface area is 405 Å². The number of carbonyl (C=O) groups is 2. The molecule has 0 aromatic carbocycles. The van der Waals surface area contributed by atoms with E-state index >= 15 is 0 Å². The molecule has 0 rings (SSSR count). The fourth-order valence-corrected chi connectivity index (χ4v) is 7.60. The number of nitrogens with zero attached hydrogens (tertiary/aromatic N) is 1. The predicted octanol–water partition coefficient (Wildman–Crippen LogP) is 15.3. The molecular formula is C56H98NO8P. The van der Waals surface area contributed by atoms with Gasteiger partial charge in [-0.15, -0.1) is 0 Å².